The van der Waals surface area contributed by atoms with E-state index in [1.54, 1.807) is 4.90 Å². The quantitative estimate of drug-likeness (QED) is 0.649. The van der Waals surface area contributed by atoms with Crippen LogP contribution in [0.1, 0.15) is 50.5 Å². The van der Waals surface area contributed by atoms with Gasteiger partial charge in [0.2, 0.25) is 0 Å². The summed E-state index contributed by atoms with van der Waals surface area (Å²) in [4.78, 5) is 26.7. The van der Waals surface area contributed by atoms with Gasteiger partial charge in [0.1, 0.15) is 0 Å². The largest absolute Gasteiger partial charge is 0.456 e. The standard InChI is InChI=1S/C21H29NO5S/c23-20(15-27-21(24)12-11-17-7-3-1-4-8-17)22(18-9-5-2-6-10-18)19-13-14-28(25,26)16-19/h1,3-4,7-8,18-19H,2,5-6,9-16H2. The van der Waals surface area contributed by atoms with Crippen LogP contribution in [0.3, 0.4) is 0 Å². The highest BCUT2D eigenvalue weighted by Crippen LogP contribution is 2.28. The van der Waals surface area contributed by atoms with Crippen LogP contribution in [0.25, 0.3) is 0 Å². The molecule has 0 aromatic heterocycles. The summed E-state index contributed by atoms with van der Waals surface area (Å²) in [6.07, 6.45) is 6.30. The third-order valence-electron chi connectivity index (χ3n) is 5.68. The van der Waals surface area contributed by atoms with E-state index < -0.39 is 15.8 Å². The number of carbonyl (C=O) groups excluding carboxylic acids is 2. The number of aryl methyl sites for hydroxylation is 1. The number of hydrogen-bond donors (Lipinski definition) is 0. The molecule has 1 atom stereocenters. The van der Waals surface area contributed by atoms with Crippen molar-refractivity contribution in [2.24, 2.45) is 0 Å². The lowest BCUT2D eigenvalue weighted by atomic mass is 9.93. The fourth-order valence-corrected chi connectivity index (χ4v) is 5.95. The lowest BCUT2D eigenvalue weighted by Crippen LogP contribution is -2.50. The number of ether oxygens (including phenoxy) is 1. The number of carbonyl (C=O) groups is 2. The number of amides is 1. The number of sulfone groups is 1. The SMILES string of the molecule is O=C(CCc1ccccc1)OCC(=O)N(C1CCCCC1)C1CCS(=O)(=O)C1. The minimum atomic E-state index is -3.08. The zero-order valence-corrected chi connectivity index (χ0v) is 17.0. The van der Waals surface area contributed by atoms with Crippen LogP contribution in [-0.4, -0.2) is 55.4 Å². The van der Waals surface area contributed by atoms with Crippen molar-refractivity contribution in [1.29, 1.82) is 0 Å². The maximum absolute atomic E-state index is 12.9. The fraction of sp³-hybridized carbons (Fsp3) is 0.619. The van der Waals surface area contributed by atoms with Crippen molar-refractivity contribution in [1.82, 2.24) is 4.90 Å². The Morgan fingerprint density at radius 3 is 2.36 bits per heavy atom. The average Bonchev–Trinajstić information content (AvgIpc) is 3.06. The van der Waals surface area contributed by atoms with Crippen LogP contribution >= 0.6 is 0 Å². The van der Waals surface area contributed by atoms with Gasteiger partial charge in [0.05, 0.1) is 11.5 Å². The maximum atomic E-state index is 12.9. The van der Waals surface area contributed by atoms with Gasteiger partial charge < -0.3 is 9.64 Å². The van der Waals surface area contributed by atoms with E-state index in [9.17, 15) is 18.0 Å². The molecular formula is C21H29NO5S. The monoisotopic (exact) mass is 407 g/mol. The molecule has 1 saturated heterocycles. The Hall–Kier alpha value is -1.89. The van der Waals surface area contributed by atoms with Gasteiger partial charge in [0.25, 0.3) is 5.91 Å². The summed E-state index contributed by atoms with van der Waals surface area (Å²) >= 11 is 0. The highest BCUT2D eigenvalue weighted by Gasteiger charge is 2.38. The van der Waals surface area contributed by atoms with E-state index >= 15 is 0 Å². The fourth-order valence-electron chi connectivity index (χ4n) is 4.24. The van der Waals surface area contributed by atoms with E-state index in [-0.39, 0.29) is 42.5 Å². The smallest absolute Gasteiger partial charge is 0.306 e. The van der Waals surface area contributed by atoms with Gasteiger partial charge in [-0.05, 0) is 31.2 Å². The third kappa shape index (κ3) is 5.80. The highest BCUT2D eigenvalue weighted by molar-refractivity contribution is 7.91. The van der Waals surface area contributed by atoms with E-state index in [4.69, 9.17) is 4.74 Å². The molecular weight excluding hydrogens is 378 g/mol. The Balaban J connectivity index is 1.55. The Morgan fingerprint density at radius 2 is 1.71 bits per heavy atom. The van der Waals surface area contributed by atoms with Crippen molar-refractivity contribution in [3.05, 3.63) is 35.9 Å². The summed E-state index contributed by atoms with van der Waals surface area (Å²) in [5.74, 6) is -0.510. The molecule has 1 aromatic carbocycles. The first-order valence-corrected chi connectivity index (χ1v) is 12.0. The number of hydrogen-bond acceptors (Lipinski definition) is 5. The van der Waals surface area contributed by atoms with Gasteiger partial charge in [0, 0.05) is 18.5 Å². The first-order valence-electron chi connectivity index (χ1n) is 10.2. The Morgan fingerprint density at radius 1 is 1.00 bits per heavy atom. The first kappa shape index (κ1) is 20.8. The second-order valence-electron chi connectivity index (χ2n) is 7.80. The van der Waals surface area contributed by atoms with Crippen molar-refractivity contribution in [2.75, 3.05) is 18.1 Å². The lowest BCUT2D eigenvalue weighted by Gasteiger charge is -2.38. The molecule has 7 heteroatoms. The predicted molar refractivity (Wildman–Crippen MR) is 106 cm³/mol. The molecule has 2 aliphatic rings. The van der Waals surface area contributed by atoms with Gasteiger partial charge in [-0.2, -0.15) is 0 Å². The van der Waals surface area contributed by atoms with Gasteiger partial charge in [-0.25, -0.2) is 8.42 Å². The molecule has 28 heavy (non-hydrogen) atoms. The summed E-state index contributed by atoms with van der Waals surface area (Å²) in [6, 6.07) is 9.42. The van der Waals surface area contributed by atoms with Gasteiger partial charge in [-0.15, -0.1) is 0 Å². The predicted octanol–water partition coefficient (Wildman–Crippen LogP) is 2.51. The molecule has 0 radical (unpaired) electrons. The van der Waals surface area contributed by atoms with Gasteiger partial charge in [-0.1, -0.05) is 49.6 Å². The van der Waals surface area contributed by atoms with Crippen LogP contribution in [0, 0.1) is 0 Å². The molecule has 154 valence electrons. The van der Waals surface area contributed by atoms with Crippen molar-refractivity contribution in [3.63, 3.8) is 0 Å². The van der Waals surface area contributed by atoms with Gasteiger partial charge in [0.15, 0.2) is 16.4 Å². The normalized spacial score (nSPS) is 21.9. The molecule has 6 nitrogen and oxygen atoms in total. The van der Waals surface area contributed by atoms with Crippen LogP contribution in [0.2, 0.25) is 0 Å². The Bertz CT molecular complexity index is 771. The molecule has 0 spiro atoms. The van der Waals surface area contributed by atoms with E-state index in [2.05, 4.69) is 0 Å². The topological polar surface area (TPSA) is 80.8 Å². The molecule has 1 unspecified atom stereocenters. The van der Waals surface area contributed by atoms with Crippen molar-refractivity contribution in [3.8, 4) is 0 Å². The second-order valence-corrected chi connectivity index (χ2v) is 10.0. The minimum absolute atomic E-state index is 0.0250. The summed E-state index contributed by atoms with van der Waals surface area (Å²) < 4.78 is 29.1. The second kappa shape index (κ2) is 9.54. The minimum Gasteiger partial charge on any atom is -0.456 e. The molecule has 0 bridgehead atoms. The lowest BCUT2D eigenvalue weighted by molar-refractivity contribution is -0.154. The molecule has 3 rings (SSSR count). The van der Waals surface area contributed by atoms with Crippen molar-refractivity contribution in [2.45, 2.75) is 63.5 Å². The Kier molecular flexibility index (Phi) is 7.10. The summed E-state index contributed by atoms with van der Waals surface area (Å²) in [7, 11) is -3.08. The third-order valence-corrected chi connectivity index (χ3v) is 7.43. The summed E-state index contributed by atoms with van der Waals surface area (Å²) in [6.45, 7) is -0.305. The molecule has 0 N–H and O–H groups in total. The Labute approximate surface area is 167 Å². The molecule has 1 saturated carbocycles. The summed E-state index contributed by atoms with van der Waals surface area (Å²) in [5.41, 5.74) is 1.05. The molecule has 1 aliphatic carbocycles. The first-order chi connectivity index (χ1) is 13.4. The number of nitrogens with zero attached hydrogens (tertiary/aromatic N) is 1. The van der Waals surface area contributed by atoms with Crippen LogP contribution in [0.5, 0.6) is 0 Å². The number of rotatable bonds is 7. The zero-order valence-electron chi connectivity index (χ0n) is 16.2. The molecule has 2 fully saturated rings. The van der Waals surface area contributed by atoms with E-state index in [0.717, 1.165) is 37.7 Å². The van der Waals surface area contributed by atoms with Crippen LogP contribution in [-0.2, 0) is 30.6 Å². The maximum Gasteiger partial charge on any atom is 0.306 e. The van der Waals surface area contributed by atoms with E-state index in [0.29, 0.717) is 12.8 Å². The number of benzene rings is 1. The van der Waals surface area contributed by atoms with E-state index in [1.807, 2.05) is 30.3 Å². The van der Waals surface area contributed by atoms with Gasteiger partial charge in [-0.3, -0.25) is 9.59 Å². The van der Waals surface area contributed by atoms with Crippen LogP contribution < -0.4 is 0 Å². The van der Waals surface area contributed by atoms with Crippen molar-refractivity contribution < 1.29 is 22.7 Å². The molecule has 1 amide bonds. The van der Waals surface area contributed by atoms with Crippen LogP contribution in [0.15, 0.2) is 30.3 Å². The molecule has 1 heterocycles. The van der Waals surface area contributed by atoms with Crippen LogP contribution in [0.4, 0.5) is 0 Å². The van der Waals surface area contributed by atoms with E-state index in [1.165, 1.54) is 0 Å². The molecule has 1 aromatic rings. The van der Waals surface area contributed by atoms with Crippen molar-refractivity contribution >= 4 is 21.7 Å². The summed E-state index contributed by atoms with van der Waals surface area (Å²) in [5, 5.41) is 0. The highest BCUT2D eigenvalue weighted by atomic mass is 32.2. The number of esters is 1. The molecule has 1 aliphatic heterocycles. The van der Waals surface area contributed by atoms with Gasteiger partial charge >= 0.3 is 5.97 Å². The average molecular weight is 408 g/mol. The zero-order chi connectivity index (χ0) is 20.0.